The van der Waals surface area contributed by atoms with Crippen LogP contribution >= 0.6 is 23.2 Å². The number of nitrogens with zero attached hydrogens (tertiary/aromatic N) is 3. The molecule has 2 aromatic rings. The number of aromatic nitrogens is 2. The van der Waals surface area contributed by atoms with Gasteiger partial charge in [-0.25, -0.2) is 9.97 Å². The summed E-state index contributed by atoms with van der Waals surface area (Å²) in [7, 11) is 0. The number of rotatable bonds is 0. The third-order valence-corrected chi connectivity index (χ3v) is 3.34. The molecule has 0 amide bonds. The van der Waals surface area contributed by atoms with E-state index in [1.165, 1.54) is 11.6 Å². The van der Waals surface area contributed by atoms with Gasteiger partial charge in [0.1, 0.15) is 6.33 Å². The molecular weight excluding hydrogens is 372 g/mol. The smallest absolute Gasteiger partial charge is 0.115 e. The second-order valence-corrected chi connectivity index (χ2v) is 4.79. The van der Waals surface area contributed by atoms with Gasteiger partial charge in [0.15, 0.2) is 0 Å². The van der Waals surface area contributed by atoms with Crippen molar-refractivity contribution in [2.45, 2.75) is 13.0 Å². The molecule has 7 heteroatoms. The van der Waals surface area contributed by atoms with Crippen LogP contribution in [-0.2, 0) is 45.7 Å². The molecular formula is C13H12Cl2N4Y-2. The van der Waals surface area contributed by atoms with E-state index in [2.05, 4.69) is 15.3 Å². The fraction of sp³-hybridized carbons (Fsp3) is 0.231. The summed E-state index contributed by atoms with van der Waals surface area (Å²) in [5.41, 5.74) is 9.83. The van der Waals surface area contributed by atoms with Gasteiger partial charge in [-0.3, -0.25) is 0 Å². The van der Waals surface area contributed by atoms with Crippen molar-refractivity contribution in [1.82, 2.24) is 9.97 Å². The summed E-state index contributed by atoms with van der Waals surface area (Å²) in [5.74, 6) is 0. The zero-order valence-corrected chi connectivity index (χ0v) is 15.0. The minimum absolute atomic E-state index is 0. The van der Waals surface area contributed by atoms with Crippen LogP contribution in [0.3, 0.4) is 0 Å². The predicted octanol–water partition coefficient (Wildman–Crippen LogP) is 4.58. The zero-order chi connectivity index (χ0) is 13.7. The molecule has 1 aromatic heterocycles. The molecule has 4 nitrogen and oxygen atoms in total. The summed E-state index contributed by atoms with van der Waals surface area (Å²) < 4.78 is 0. The molecule has 1 N–H and O–H groups in total. The van der Waals surface area contributed by atoms with Crippen molar-refractivity contribution in [2.24, 2.45) is 0 Å². The van der Waals surface area contributed by atoms with E-state index in [0.717, 1.165) is 25.2 Å². The first-order valence-electron chi connectivity index (χ1n) is 5.74. The number of hydrogen-bond donors (Lipinski definition) is 0. The van der Waals surface area contributed by atoms with E-state index in [9.17, 15) is 0 Å². The molecule has 0 unspecified atom stereocenters. The Kier molecular flexibility index (Phi) is 7.92. The van der Waals surface area contributed by atoms with E-state index >= 15 is 0 Å². The molecule has 0 spiro atoms. The van der Waals surface area contributed by atoms with Gasteiger partial charge in [0, 0.05) is 44.6 Å². The van der Waals surface area contributed by atoms with E-state index in [1.807, 2.05) is 6.20 Å². The maximum Gasteiger partial charge on any atom is 0.115 e. The summed E-state index contributed by atoms with van der Waals surface area (Å²) in [4.78, 5) is 8.06. The quantitative estimate of drug-likeness (QED) is 0.668. The minimum atomic E-state index is 0. The Morgan fingerprint density at radius 2 is 2.00 bits per heavy atom. The summed E-state index contributed by atoms with van der Waals surface area (Å²) >= 11 is 11.1. The Balaban J connectivity index is 0.000000192. The van der Waals surface area contributed by atoms with Crippen molar-refractivity contribution in [3.05, 3.63) is 63.1 Å². The van der Waals surface area contributed by atoms with Crippen LogP contribution < -0.4 is 0 Å². The molecule has 3 rings (SSSR count). The monoisotopic (exact) mass is 383 g/mol. The first-order chi connectivity index (χ1) is 9.16. The Morgan fingerprint density at radius 1 is 1.20 bits per heavy atom. The first kappa shape index (κ1) is 17.8. The Hall–Kier alpha value is -0.256. The number of fused-ring (bicyclic) bond motifs is 1. The van der Waals surface area contributed by atoms with Gasteiger partial charge < -0.3 is 11.1 Å². The molecule has 0 bridgehead atoms. The number of nitrogens with one attached hydrogen (secondary N) is 1. The van der Waals surface area contributed by atoms with Gasteiger partial charge in [0.05, 0.1) is 10.0 Å². The van der Waals surface area contributed by atoms with Crippen LogP contribution in [0.5, 0.6) is 0 Å². The largest absolute Gasteiger partial charge is 0.699 e. The average Bonchev–Trinajstić information content (AvgIpc) is 2.44. The molecule has 1 radical (unpaired) electrons. The van der Waals surface area contributed by atoms with Gasteiger partial charge in [0.2, 0.25) is 0 Å². The van der Waals surface area contributed by atoms with Crippen LogP contribution in [0, 0.1) is 0 Å². The Bertz CT molecular complexity index is 541. The van der Waals surface area contributed by atoms with Gasteiger partial charge in [-0.05, 0) is 18.1 Å². The average molecular weight is 384 g/mol. The zero-order valence-electron chi connectivity index (χ0n) is 10.7. The molecule has 0 saturated carbocycles. The third kappa shape index (κ3) is 5.26. The van der Waals surface area contributed by atoms with Gasteiger partial charge >= 0.3 is 0 Å². The van der Waals surface area contributed by atoms with Gasteiger partial charge in [-0.1, -0.05) is 35.3 Å². The molecule has 103 valence electrons. The van der Waals surface area contributed by atoms with Gasteiger partial charge in [-0.15, -0.1) is 18.8 Å². The van der Waals surface area contributed by atoms with Crippen LogP contribution in [0.25, 0.3) is 11.1 Å². The van der Waals surface area contributed by atoms with Crippen LogP contribution in [0.15, 0.2) is 30.7 Å². The van der Waals surface area contributed by atoms with E-state index in [0.29, 0.717) is 15.7 Å². The Labute approximate surface area is 153 Å². The van der Waals surface area contributed by atoms with E-state index < -0.39 is 0 Å². The second kappa shape index (κ2) is 8.90. The van der Waals surface area contributed by atoms with Crippen molar-refractivity contribution in [2.75, 3.05) is 6.54 Å². The number of halogens is 2. The SMILES string of the molecule is [NH-]c1ccc(Cl)c(Cl)c1.[Y].c1ncc2c(n1)C[N-]CC2. The maximum atomic E-state index is 7.09. The molecule has 0 aliphatic carbocycles. The van der Waals surface area contributed by atoms with Crippen molar-refractivity contribution in [1.29, 1.82) is 0 Å². The van der Waals surface area contributed by atoms with Gasteiger partial charge in [0.25, 0.3) is 0 Å². The Morgan fingerprint density at radius 3 is 2.65 bits per heavy atom. The van der Waals surface area contributed by atoms with Crippen molar-refractivity contribution >= 4 is 28.9 Å². The third-order valence-electron chi connectivity index (χ3n) is 2.60. The fourth-order valence-corrected chi connectivity index (χ4v) is 1.91. The maximum absolute atomic E-state index is 7.09. The molecule has 0 fully saturated rings. The summed E-state index contributed by atoms with van der Waals surface area (Å²) in [6.07, 6.45) is 4.48. The summed E-state index contributed by atoms with van der Waals surface area (Å²) in [6.45, 7) is 1.71. The van der Waals surface area contributed by atoms with Crippen LogP contribution in [-0.4, -0.2) is 16.5 Å². The molecule has 1 aliphatic heterocycles. The molecule has 20 heavy (non-hydrogen) atoms. The predicted molar refractivity (Wildman–Crippen MR) is 78.1 cm³/mol. The first-order valence-corrected chi connectivity index (χ1v) is 6.50. The summed E-state index contributed by atoms with van der Waals surface area (Å²) in [5, 5.41) is 5.16. The van der Waals surface area contributed by atoms with Crippen molar-refractivity contribution in [3.63, 3.8) is 0 Å². The van der Waals surface area contributed by atoms with Crippen LogP contribution in [0.4, 0.5) is 5.69 Å². The molecule has 1 aliphatic rings. The fourth-order valence-electron chi connectivity index (χ4n) is 1.62. The standard InChI is InChI=1S/C7H8N3.C6H4Cl2N.Y/c1-2-8-4-7-6(1)3-9-5-10-7;7-5-2-1-4(9)3-6(5)8;/h3,5H,1-2,4H2;1-3,9H;/q2*-1;. The topological polar surface area (TPSA) is 63.7 Å². The molecule has 2 heterocycles. The number of benzene rings is 1. The normalized spacial score (nSPS) is 12.5. The second-order valence-electron chi connectivity index (χ2n) is 3.98. The van der Waals surface area contributed by atoms with E-state index in [-0.39, 0.29) is 32.7 Å². The van der Waals surface area contributed by atoms with Crippen molar-refractivity contribution in [3.8, 4) is 0 Å². The van der Waals surface area contributed by atoms with Crippen LogP contribution in [0.2, 0.25) is 10.0 Å². The van der Waals surface area contributed by atoms with Crippen molar-refractivity contribution < 1.29 is 32.7 Å². The number of hydrogen-bond acceptors (Lipinski definition) is 2. The van der Waals surface area contributed by atoms with Crippen LogP contribution in [0.1, 0.15) is 11.3 Å². The summed E-state index contributed by atoms with van der Waals surface area (Å²) in [6, 6.07) is 4.70. The van der Waals surface area contributed by atoms with Gasteiger partial charge in [-0.2, -0.15) is 0 Å². The molecule has 1 aromatic carbocycles. The molecule has 0 saturated heterocycles. The van der Waals surface area contributed by atoms with E-state index in [4.69, 9.17) is 28.9 Å². The van der Waals surface area contributed by atoms with E-state index in [1.54, 1.807) is 18.5 Å². The minimum Gasteiger partial charge on any atom is -0.699 e. The molecule has 0 atom stereocenters.